The maximum Gasteiger partial charge on any atom is 0.123 e. The van der Waals surface area contributed by atoms with Gasteiger partial charge >= 0.3 is 0 Å². The first-order chi connectivity index (χ1) is 7.11. The number of hydrogen-bond donors (Lipinski definition) is 0. The minimum Gasteiger partial charge on any atom is -0.359 e. The first-order valence-electron chi connectivity index (χ1n) is 4.96. The van der Waals surface area contributed by atoms with Crippen LogP contribution in [-0.4, -0.2) is 50.2 Å². The normalized spacial score (nSPS) is 11.3. The second-order valence-corrected chi connectivity index (χ2v) is 3.26. The highest BCUT2D eigenvalue weighted by Crippen LogP contribution is 2.01. The fourth-order valence-corrected chi connectivity index (χ4v) is 0.990. The van der Waals surface area contributed by atoms with E-state index in [0.717, 1.165) is 18.9 Å². The van der Waals surface area contributed by atoms with E-state index in [9.17, 15) is 0 Å². The molecular weight excluding hydrogens is 186 g/mol. The molecule has 0 bridgehead atoms. The first-order valence-corrected chi connectivity index (χ1v) is 4.96. The lowest BCUT2D eigenvalue weighted by Gasteiger charge is -2.21. The molecule has 0 atom stereocenters. The largest absolute Gasteiger partial charge is 0.359 e. The summed E-state index contributed by atoms with van der Waals surface area (Å²) in [6.07, 6.45) is 11.8. The molecule has 0 aromatic carbocycles. The predicted octanol–water partition coefficient (Wildman–Crippen LogP) is 1.68. The van der Waals surface area contributed by atoms with Crippen molar-refractivity contribution in [1.82, 2.24) is 9.80 Å². The van der Waals surface area contributed by atoms with Crippen molar-refractivity contribution in [2.45, 2.75) is 13.8 Å². The van der Waals surface area contributed by atoms with Crippen LogP contribution in [0.5, 0.6) is 0 Å². The van der Waals surface area contributed by atoms with Gasteiger partial charge in [-0.25, -0.2) is 4.99 Å². The Hall–Kier alpha value is -1.27. The smallest absolute Gasteiger partial charge is 0.123 e. The van der Waals surface area contributed by atoms with Crippen molar-refractivity contribution in [2.75, 3.05) is 34.2 Å². The van der Waals surface area contributed by atoms with Crippen LogP contribution in [0.25, 0.3) is 0 Å². The Morgan fingerprint density at radius 1 is 1.13 bits per heavy atom. The van der Waals surface area contributed by atoms with Crippen LogP contribution in [0.2, 0.25) is 0 Å². The van der Waals surface area contributed by atoms with Crippen LogP contribution in [0.15, 0.2) is 16.9 Å². The Kier molecular flexibility index (Phi) is 11.7. The van der Waals surface area contributed by atoms with Crippen molar-refractivity contribution >= 4 is 6.21 Å². The summed E-state index contributed by atoms with van der Waals surface area (Å²) < 4.78 is 0. The number of allylic oxidation sites excluding steroid dienone is 1. The van der Waals surface area contributed by atoms with Gasteiger partial charge in [0, 0.05) is 26.4 Å². The molecule has 0 unspecified atom stereocenters. The third kappa shape index (κ3) is 9.04. The van der Waals surface area contributed by atoms with Gasteiger partial charge in [0.05, 0.1) is 0 Å². The van der Waals surface area contributed by atoms with Crippen molar-refractivity contribution in [3.8, 4) is 12.8 Å². The molecule has 0 aromatic heterocycles. The Morgan fingerprint density at radius 2 is 1.67 bits per heavy atom. The van der Waals surface area contributed by atoms with Crippen molar-refractivity contribution in [3.63, 3.8) is 0 Å². The SMILES string of the molecule is C#C.C/C=N\C(=C/C)N(C)CCN(C)C. The van der Waals surface area contributed by atoms with E-state index < -0.39 is 0 Å². The van der Waals surface area contributed by atoms with Gasteiger partial charge in [-0.1, -0.05) is 0 Å². The second-order valence-electron chi connectivity index (χ2n) is 3.26. The summed E-state index contributed by atoms with van der Waals surface area (Å²) in [6.45, 7) is 5.99. The molecule has 0 saturated heterocycles. The van der Waals surface area contributed by atoms with Crippen LogP contribution >= 0.6 is 0 Å². The zero-order chi connectivity index (χ0) is 12.3. The van der Waals surface area contributed by atoms with E-state index in [1.807, 2.05) is 26.1 Å². The third-order valence-electron chi connectivity index (χ3n) is 1.79. The van der Waals surface area contributed by atoms with Gasteiger partial charge in [-0.3, -0.25) is 0 Å². The highest BCUT2D eigenvalue weighted by molar-refractivity contribution is 5.55. The van der Waals surface area contributed by atoms with E-state index >= 15 is 0 Å². The lowest BCUT2D eigenvalue weighted by molar-refractivity contribution is 0.324. The molecule has 0 aliphatic carbocycles. The topological polar surface area (TPSA) is 18.8 Å². The number of rotatable bonds is 5. The number of hydrogen-bond acceptors (Lipinski definition) is 3. The van der Waals surface area contributed by atoms with Crippen LogP contribution in [0, 0.1) is 12.8 Å². The molecule has 0 aliphatic rings. The fraction of sp³-hybridized carbons (Fsp3) is 0.583. The molecule has 0 heterocycles. The molecule has 86 valence electrons. The number of terminal acetylenes is 1. The van der Waals surface area contributed by atoms with Gasteiger partial charge in [0.2, 0.25) is 0 Å². The minimum absolute atomic E-state index is 1.00. The van der Waals surface area contributed by atoms with E-state index in [2.05, 4.69) is 48.8 Å². The van der Waals surface area contributed by atoms with Gasteiger partial charge in [-0.15, -0.1) is 12.8 Å². The van der Waals surface area contributed by atoms with Gasteiger partial charge in [-0.2, -0.15) is 0 Å². The summed E-state index contributed by atoms with van der Waals surface area (Å²) >= 11 is 0. The molecule has 0 aromatic rings. The highest BCUT2D eigenvalue weighted by atomic mass is 15.2. The lowest BCUT2D eigenvalue weighted by atomic mass is 10.4. The third-order valence-corrected chi connectivity index (χ3v) is 1.79. The number of aliphatic imine (C=N–C) groups is 1. The van der Waals surface area contributed by atoms with E-state index in [0.29, 0.717) is 0 Å². The molecule has 0 saturated carbocycles. The standard InChI is InChI=1S/C10H21N3.C2H2/c1-6-10(11-7-2)13(5)9-8-12(3)4;1-2/h6-7H,8-9H2,1-5H3;1-2H/b10-6+,11-7-;. The summed E-state index contributed by atoms with van der Waals surface area (Å²) in [5.41, 5.74) is 0. The molecule has 3 nitrogen and oxygen atoms in total. The highest BCUT2D eigenvalue weighted by Gasteiger charge is 2.00. The second kappa shape index (κ2) is 10.8. The van der Waals surface area contributed by atoms with Crippen molar-refractivity contribution in [3.05, 3.63) is 11.9 Å². The average Bonchev–Trinajstić information content (AvgIpc) is 2.25. The zero-order valence-corrected chi connectivity index (χ0v) is 10.6. The Bertz CT molecular complexity index is 214. The van der Waals surface area contributed by atoms with Crippen molar-refractivity contribution in [2.24, 2.45) is 4.99 Å². The molecule has 3 heteroatoms. The molecule has 0 fully saturated rings. The number of likely N-dealkylation sites (N-methyl/N-ethyl adjacent to an activating group) is 2. The monoisotopic (exact) mass is 209 g/mol. The predicted molar refractivity (Wildman–Crippen MR) is 69.0 cm³/mol. The van der Waals surface area contributed by atoms with Gasteiger partial charge in [0.1, 0.15) is 5.82 Å². The molecule has 0 rings (SSSR count). The summed E-state index contributed by atoms with van der Waals surface area (Å²) in [4.78, 5) is 8.58. The average molecular weight is 209 g/mol. The van der Waals surface area contributed by atoms with Crippen molar-refractivity contribution < 1.29 is 0 Å². The Balaban J connectivity index is 0. The molecule has 15 heavy (non-hydrogen) atoms. The molecule has 0 aliphatic heterocycles. The van der Waals surface area contributed by atoms with E-state index in [1.165, 1.54) is 0 Å². The quantitative estimate of drug-likeness (QED) is 0.507. The summed E-state index contributed by atoms with van der Waals surface area (Å²) in [6, 6.07) is 0. The molecule has 0 N–H and O–H groups in total. The van der Waals surface area contributed by atoms with Gasteiger partial charge in [0.15, 0.2) is 0 Å². The first kappa shape index (κ1) is 16.2. The lowest BCUT2D eigenvalue weighted by Crippen LogP contribution is -2.27. The zero-order valence-electron chi connectivity index (χ0n) is 10.6. The Labute approximate surface area is 94.5 Å². The molecule has 0 spiro atoms. The maximum atomic E-state index is 4.26. The van der Waals surface area contributed by atoms with Gasteiger partial charge in [0.25, 0.3) is 0 Å². The van der Waals surface area contributed by atoms with Crippen LogP contribution in [0.1, 0.15) is 13.8 Å². The summed E-state index contributed by atoms with van der Waals surface area (Å²) in [7, 11) is 6.21. The number of nitrogens with zero attached hydrogens (tertiary/aromatic N) is 3. The van der Waals surface area contributed by atoms with Gasteiger partial charge in [-0.05, 0) is 34.0 Å². The van der Waals surface area contributed by atoms with Gasteiger partial charge < -0.3 is 9.80 Å². The Morgan fingerprint density at radius 3 is 2.00 bits per heavy atom. The van der Waals surface area contributed by atoms with E-state index in [4.69, 9.17) is 0 Å². The van der Waals surface area contributed by atoms with E-state index in [1.54, 1.807) is 0 Å². The van der Waals surface area contributed by atoms with E-state index in [-0.39, 0.29) is 0 Å². The van der Waals surface area contributed by atoms with Crippen LogP contribution < -0.4 is 0 Å². The minimum atomic E-state index is 1.00. The van der Waals surface area contributed by atoms with Crippen molar-refractivity contribution in [1.29, 1.82) is 0 Å². The fourth-order valence-electron chi connectivity index (χ4n) is 0.990. The molecular formula is C12H23N3. The summed E-state index contributed by atoms with van der Waals surface area (Å²) in [5, 5.41) is 0. The van der Waals surface area contributed by atoms with Crippen LogP contribution in [0.4, 0.5) is 0 Å². The van der Waals surface area contributed by atoms with Crippen LogP contribution in [0.3, 0.4) is 0 Å². The van der Waals surface area contributed by atoms with Crippen LogP contribution in [-0.2, 0) is 0 Å². The maximum absolute atomic E-state index is 4.26. The summed E-state index contributed by atoms with van der Waals surface area (Å²) in [5.74, 6) is 1.03. The molecule has 0 amide bonds. The molecule has 0 radical (unpaired) electrons.